The van der Waals surface area contributed by atoms with Crippen molar-refractivity contribution in [3.05, 3.63) is 59.3 Å². The van der Waals surface area contributed by atoms with Crippen LogP contribution in [0.4, 0.5) is 5.69 Å². The number of anilines is 1. The van der Waals surface area contributed by atoms with E-state index >= 15 is 0 Å². The van der Waals surface area contributed by atoms with Gasteiger partial charge in [-0.1, -0.05) is 73.6 Å². The van der Waals surface area contributed by atoms with Crippen LogP contribution in [0.3, 0.4) is 0 Å². The van der Waals surface area contributed by atoms with Crippen LogP contribution < -0.4 is 10.2 Å². The first-order valence-electron chi connectivity index (χ1n) is 12.1. The summed E-state index contributed by atoms with van der Waals surface area (Å²) in [6, 6.07) is 13.1. The molecule has 1 heterocycles. The molecule has 4 heteroatoms. The maximum atomic E-state index is 7.09. The molecule has 0 aliphatic carbocycles. The number of benzene rings is 2. The van der Waals surface area contributed by atoms with Gasteiger partial charge < -0.3 is 14.7 Å². The van der Waals surface area contributed by atoms with Crippen molar-refractivity contribution in [2.24, 2.45) is 0 Å². The lowest BCUT2D eigenvalue weighted by Crippen LogP contribution is -2.50. The van der Waals surface area contributed by atoms with Crippen molar-refractivity contribution in [3.63, 3.8) is 0 Å². The first-order chi connectivity index (χ1) is 15.0. The van der Waals surface area contributed by atoms with Gasteiger partial charge in [-0.15, -0.1) is 0 Å². The Morgan fingerprint density at radius 3 is 2.06 bits per heavy atom. The Balaban J connectivity index is 2.01. The smallest absolute Gasteiger partial charge is 0.258 e. The molecule has 0 bridgehead atoms. The number of hydrogen-bond acceptors (Lipinski definition) is 2. The molecule has 0 amide bonds. The molecule has 0 atom stereocenters. The predicted molar refractivity (Wildman–Crippen MR) is 142 cm³/mol. The normalized spacial score (nSPS) is 12.7. The Kier molecular flexibility index (Phi) is 7.14. The molecule has 3 rings (SSSR count). The number of aryl methyl sites for hydroxylation is 1. The number of fused-ring (bicyclic) bond motifs is 1. The Labute approximate surface area is 196 Å². The summed E-state index contributed by atoms with van der Waals surface area (Å²) < 4.78 is 9.41. The van der Waals surface area contributed by atoms with Gasteiger partial charge in [-0.3, -0.25) is 0 Å². The van der Waals surface area contributed by atoms with Gasteiger partial charge in [0.15, 0.2) is 0 Å². The minimum atomic E-state index is -2.00. The van der Waals surface area contributed by atoms with E-state index in [4.69, 9.17) is 10.2 Å². The Morgan fingerprint density at radius 2 is 1.50 bits per heavy atom. The molecule has 2 aromatic carbocycles. The summed E-state index contributed by atoms with van der Waals surface area (Å²) in [6.07, 6.45) is 2.15. The number of nitrogen functional groups attached to an aromatic ring is 1. The summed E-state index contributed by atoms with van der Waals surface area (Å²) in [4.78, 5) is 0. The van der Waals surface area contributed by atoms with Gasteiger partial charge in [0.2, 0.25) is 0 Å². The van der Waals surface area contributed by atoms with Gasteiger partial charge in [0.25, 0.3) is 8.32 Å². The molecule has 0 aliphatic rings. The third kappa shape index (κ3) is 4.34. The highest BCUT2D eigenvalue weighted by atomic mass is 28.4. The largest absolute Gasteiger partial charge is 0.542 e. The SMILES string of the molecule is Cc1ccc(N)c2ccn(Cc3ccc(O[Si](C(C)C)(C(C)C)C(C)C)c(C(C)C)c3)c12. The average Bonchev–Trinajstić information content (AvgIpc) is 3.13. The van der Waals surface area contributed by atoms with E-state index in [1.54, 1.807) is 0 Å². The van der Waals surface area contributed by atoms with Crippen molar-refractivity contribution >= 4 is 24.9 Å². The molecule has 3 aromatic rings. The molecule has 3 nitrogen and oxygen atoms in total. The molecule has 0 saturated heterocycles. The second-order valence-electron chi connectivity index (χ2n) is 10.6. The summed E-state index contributed by atoms with van der Waals surface area (Å²) in [5.41, 5.74) is 13.8. The fraction of sp³-hybridized carbons (Fsp3) is 0.500. The number of nitrogens with zero attached hydrogens (tertiary/aromatic N) is 1. The van der Waals surface area contributed by atoms with E-state index in [1.807, 2.05) is 6.07 Å². The third-order valence-electron chi connectivity index (χ3n) is 7.20. The Bertz CT molecular complexity index is 1060. The average molecular weight is 451 g/mol. The summed E-state index contributed by atoms with van der Waals surface area (Å²) in [5, 5.41) is 1.13. The minimum absolute atomic E-state index is 0.405. The first-order valence-corrected chi connectivity index (χ1v) is 14.3. The second kappa shape index (κ2) is 9.34. The number of hydrogen-bond donors (Lipinski definition) is 1. The van der Waals surface area contributed by atoms with Crippen LogP contribution in [-0.4, -0.2) is 12.9 Å². The lowest BCUT2D eigenvalue weighted by Gasteiger charge is -2.43. The summed E-state index contributed by atoms with van der Waals surface area (Å²) in [6.45, 7) is 21.6. The van der Waals surface area contributed by atoms with Gasteiger partial charge in [-0.2, -0.15) is 0 Å². The van der Waals surface area contributed by atoms with E-state index in [0.29, 0.717) is 22.5 Å². The molecule has 0 aliphatic heterocycles. The third-order valence-corrected chi connectivity index (χ3v) is 13.2. The predicted octanol–water partition coefficient (Wildman–Crippen LogP) is 8.26. The van der Waals surface area contributed by atoms with E-state index in [0.717, 1.165) is 23.4 Å². The maximum Gasteiger partial charge on any atom is 0.258 e. The Morgan fingerprint density at radius 1 is 0.875 bits per heavy atom. The van der Waals surface area contributed by atoms with E-state index in [-0.39, 0.29) is 0 Å². The topological polar surface area (TPSA) is 40.2 Å². The van der Waals surface area contributed by atoms with Crippen LogP contribution in [0.1, 0.15) is 78.0 Å². The van der Waals surface area contributed by atoms with E-state index in [2.05, 4.69) is 103 Å². The van der Waals surface area contributed by atoms with E-state index in [1.165, 1.54) is 22.2 Å². The molecule has 0 saturated carbocycles. The van der Waals surface area contributed by atoms with E-state index < -0.39 is 8.32 Å². The van der Waals surface area contributed by atoms with Crippen LogP contribution in [0.5, 0.6) is 5.75 Å². The van der Waals surface area contributed by atoms with Gasteiger partial charge >= 0.3 is 0 Å². The van der Waals surface area contributed by atoms with Crippen molar-refractivity contribution in [2.45, 2.75) is 91.4 Å². The van der Waals surface area contributed by atoms with Gasteiger partial charge in [0, 0.05) is 23.8 Å². The lowest BCUT2D eigenvalue weighted by atomic mass is 9.99. The summed E-state index contributed by atoms with van der Waals surface area (Å²) in [7, 11) is -2.00. The molecule has 2 N–H and O–H groups in total. The molecule has 1 aromatic heterocycles. The highest BCUT2D eigenvalue weighted by Gasteiger charge is 2.47. The lowest BCUT2D eigenvalue weighted by molar-refractivity contribution is 0.472. The maximum absolute atomic E-state index is 7.09. The van der Waals surface area contributed by atoms with Crippen LogP contribution >= 0.6 is 0 Å². The van der Waals surface area contributed by atoms with E-state index in [9.17, 15) is 0 Å². The van der Waals surface area contributed by atoms with Crippen LogP contribution in [0.25, 0.3) is 10.9 Å². The van der Waals surface area contributed by atoms with Gasteiger partial charge in [0.05, 0.1) is 5.52 Å². The summed E-state index contributed by atoms with van der Waals surface area (Å²) >= 11 is 0. The Hall–Kier alpha value is -2.20. The van der Waals surface area contributed by atoms with Crippen molar-refractivity contribution in [3.8, 4) is 5.75 Å². The number of nitrogens with two attached hydrogens (primary N) is 1. The molecular weight excluding hydrogens is 408 g/mol. The van der Waals surface area contributed by atoms with Crippen molar-refractivity contribution < 1.29 is 4.43 Å². The molecular formula is C28H42N2OSi. The fourth-order valence-corrected chi connectivity index (χ4v) is 10.9. The zero-order valence-corrected chi connectivity index (χ0v) is 22.5. The monoisotopic (exact) mass is 450 g/mol. The molecule has 0 radical (unpaired) electrons. The van der Waals surface area contributed by atoms with Crippen molar-refractivity contribution in [1.82, 2.24) is 4.57 Å². The zero-order valence-electron chi connectivity index (χ0n) is 21.5. The molecule has 0 fully saturated rings. The standard InChI is InChI=1S/C28H42N2OSi/c1-18(2)25-16-23(17-30-15-14-24-26(29)12-10-22(9)28(24)30)11-13-27(25)31-32(19(3)4,20(5)6)21(7)8/h10-16,18-21H,17,29H2,1-9H3. The second-order valence-corrected chi connectivity index (χ2v) is 16.0. The zero-order chi connectivity index (χ0) is 23.8. The minimum Gasteiger partial charge on any atom is -0.542 e. The summed E-state index contributed by atoms with van der Waals surface area (Å²) in [5.74, 6) is 1.49. The van der Waals surface area contributed by atoms with Crippen LogP contribution in [0, 0.1) is 6.92 Å². The first kappa shape index (κ1) is 24.4. The van der Waals surface area contributed by atoms with Crippen LogP contribution in [-0.2, 0) is 6.54 Å². The fourth-order valence-electron chi connectivity index (χ4n) is 5.64. The molecule has 174 valence electrons. The molecule has 32 heavy (non-hydrogen) atoms. The van der Waals surface area contributed by atoms with Gasteiger partial charge in [-0.25, -0.2) is 0 Å². The molecule has 0 unspecified atom stereocenters. The quantitative estimate of drug-likeness (QED) is 0.277. The van der Waals surface area contributed by atoms with Gasteiger partial charge in [0.1, 0.15) is 5.75 Å². The number of rotatable bonds is 8. The highest BCUT2D eigenvalue weighted by Crippen LogP contribution is 2.44. The van der Waals surface area contributed by atoms with Crippen LogP contribution in [0.2, 0.25) is 16.6 Å². The van der Waals surface area contributed by atoms with Crippen molar-refractivity contribution in [2.75, 3.05) is 5.73 Å². The molecule has 0 spiro atoms. The van der Waals surface area contributed by atoms with Crippen molar-refractivity contribution in [1.29, 1.82) is 0 Å². The van der Waals surface area contributed by atoms with Crippen LogP contribution in [0.15, 0.2) is 42.6 Å². The van der Waals surface area contributed by atoms with Gasteiger partial charge in [-0.05, 0) is 64.4 Å². The highest BCUT2D eigenvalue weighted by molar-refractivity contribution is 6.78. The number of aromatic nitrogens is 1.